The second kappa shape index (κ2) is 5.38. The van der Waals surface area contributed by atoms with Crippen molar-refractivity contribution in [3.8, 4) is 5.75 Å². The highest BCUT2D eigenvalue weighted by Crippen LogP contribution is 2.25. The maximum atomic E-state index is 9.80. The van der Waals surface area contributed by atoms with E-state index in [0.717, 1.165) is 21.2 Å². The van der Waals surface area contributed by atoms with Crippen LogP contribution in [0.2, 0.25) is 0 Å². The summed E-state index contributed by atoms with van der Waals surface area (Å²) in [5.74, 6) is 0.184. The van der Waals surface area contributed by atoms with E-state index in [9.17, 15) is 5.11 Å². The molecule has 2 aromatic carbocycles. The van der Waals surface area contributed by atoms with E-state index in [-0.39, 0.29) is 5.75 Å². The predicted octanol–water partition coefficient (Wildman–Crippen LogP) is 3.85. The third-order valence-corrected chi connectivity index (χ3v) is 3.52. The molecular formula is C15H10BrN3O. The number of halogens is 1. The first-order chi connectivity index (χ1) is 9.74. The Labute approximate surface area is 124 Å². The van der Waals surface area contributed by atoms with Gasteiger partial charge in [-0.05, 0) is 46.3 Å². The lowest BCUT2D eigenvalue weighted by molar-refractivity contribution is 0.474. The number of benzene rings is 2. The lowest BCUT2D eigenvalue weighted by atomic mass is 10.2. The van der Waals surface area contributed by atoms with Crippen LogP contribution in [0.3, 0.4) is 0 Å². The van der Waals surface area contributed by atoms with E-state index < -0.39 is 0 Å². The maximum Gasteiger partial charge on any atom is 0.125 e. The van der Waals surface area contributed by atoms with Gasteiger partial charge in [0.25, 0.3) is 0 Å². The van der Waals surface area contributed by atoms with Gasteiger partial charge in [-0.2, -0.15) is 0 Å². The van der Waals surface area contributed by atoms with E-state index in [2.05, 4.69) is 30.9 Å². The van der Waals surface area contributed by atoms with Gasteiger partial charge in [-0.3, -0.25) is 15.0 Å². The Balaban J connectivity index is 1.98. The minimum Gasteiger partial charge on any atom is -0.507 e. The number of aliphatic imine (C=N–C) groups is 1. The largest absolute Gasteiger partial charge is 0.507 e. The molecule has 0 aliphatic carbocycles. The first-order valence-corrected chi connectivity index (χ1v) is 6.76. The molecule has 0 saturated heterocycles. The number of aromatic nitrogens is 2. The first-order valence-electron chi connectivity index (χ1n) is 5.96. The average Bonchev–Trinajstić information content (AvgIpc) is 2.46. The summed E-state index contributed by atoms with van der Waals surface area (Å²) in [7, 11) is 0. The third kappa shape index (κ3) is 2.53. The van der Waals surface area contributed by atoms with Crippen LogP contribution in [0.25, 0.3) is 11.0 Å². The van der Waals surface area contributed by atoms with E-state index in [1.54, 1.807) is 30.7 Å². The van der Waals surface area contributed by atoms with Crippen molar-refractivity contribution in [3.05, 3.63) is 58.8 Å². The summed E-state index contributed by atoms with van der Waals surface area (Å²) in [5.41, 5.74) is 3.02. The zero-order valence-corrected chi connectivity index (χ0v) is 11.9. The molecule has 3 aromatic rings. The van der Waals surface area contributed by atoms with Crippen molar-refractivity contribution in [2.24, 2.45) is 4.99 Å². The van der Waals surface area contributed by atoms with Gasteiger partial charge < -0.3 is 5.11 Å². The summed E-state index contributed by atoms with van der Waals surface area (Å²) in [4.78, 5) is 12.8. The van der Waals surface area contributed by atoms with Crippen LogP contribution < -0.4 is 0 Å². The number of hydrogen-bond acceptors (Lipinski definition) is 4. The molecule has 0 unspecified atom stereocenters. The van der Waals surface area contributed by atoms with Crippen LogP contribution in [0.15, 0.2) is 58.3 Å². The maximum absolute atomic E-state index is 9.80. The molecule has 5 heteroatoms. The van der Waals surface area contributed by atoms with Crippen molar-refractivity contribution in [3.63, 3.8) is 0 Å². The topological polar surface area (TPSA) is 58.4 Å². The smallest absolute Gasteiger partial charge is 0.125 e. The molecule has 1 heterocycles. The molecule has 4 nitrogen and oxygen atoms in total. The fourth-order valence-electron chi connectivity index (χ4n) is 1.82. The van der Waals surface area contributed by atoms with Crippen LogP contribution in [-0.2, 0) is 0 Å². The molecule has 1 N–H and O–H groups in total. The van der Waals surface area contributed by atoms with E-state index in [0.29, 0.717) is 5.56 Å². The van der Waals surface area contributed by atoms with E-state index >= 15 is 0 Å². The van der Waals surface area contributed by atoms with Gasteiger partial charge in [0.15, 0.2) is 0 Å². The number of phenolic OH excluding ortho intramolecular Hbond substituents is 1. The summed E-state index contributed by atoms with van der Waals surface area (Å²) in [6, 6.07) is 10.8. The number of hydrogen-bond donors (Lipinski definition) is 1. The fraction of sp³-hybridized carbons (Fsp3) is 0. The van der Waals surface area contributed by atoms with Gasteiger partial charge >= 0.3 is 0 Å². The standard InChI is InChI=1S/C15H10BrN3O/c16-12-2-1-3-15(20)11(12)9-19-10-4-5-13-14(8-10)18-7-6-17-13/h1-9,20H. The normalized spacial score (nSPS) is 11.2. The van der Waals surface area contributed by atoms with Crippen molar-refractivity contribution in [2.75, 3.05) is 0 Å². The molecule has 98 valence electrons. The Morgan fingerprint density at radius 3 is 2.65 bits per heavy atom. The Morgan fingerprint density at radius 1 is 1.05 bits per heavy atom. The Morgan fingerprint density at radius 2 is 1.85 bits per heavy atom. The van der Waals surface area contributed by atoms with Gasteiger partial charge in [0.1, 0.15) is 5.75 Å². The molecule has 0 spiro atoms. The van der Waals surface area contributed by atoms with Crippen LogP contribution in [0.4, 0.5) is 5.69 Å². The van der Waals surface area contributed by atoms with Crippen molar-refractivity contribution >= 4 is 38.9 Å². The van der Waals surface area contributed by atoms with Crippen molar-refractivity contribution in [2.45, 2.75) is 0 Å². The van der Waals surface area contributed by atoms with Crippen LogP contribution in [0.1, 0.15) is 5.56 Å². The predicted molar refractivity (Wildman–Crippen MR) is 82.6 cm³/mol. The molecule has 3 rings (SSSR count). The molecule has 0 aliphatic rings. The van der Waals surface area contributed by atoms with Crippen LogP contribution in [-0.4, -0.2) is 21.3 Å². The highest BCUT2D eigenvalue weighted by molar-refractivity contribution is 9.10. The van der Waals surface area contributed by atoms with Crippen LogP contribution in [0, 0.1) is 0 Å². The molecule has 0 atom stereocenters. The summed E-state index contributed by atoms with van der Waals surface area (Å²) >= 11 is 3.39. The van der Waals surface area contributed by atoms with E-state index in [4.69, 9.17) is 0 Å². The fourth-order valence-corrected chi connectivity index (χ4v) is 2.28. The number of fused-ring (bicyclic) bond motifs is 1. The summed E-state index contributed by atoms with van der Waals surface area (Å²) in [5, 5.41) is 9.80. The molecular weight excluding hydrogens is 318 g/mol. The van der Waals surface area contributed by atoms with E-state index in [1.165, 1.54) is 0 Å². The van der Waals surface area contributed by atoms with Gasteiger partial charge in [0, 0.05) is 28.6 Å². The number of aromatic hydroxyl groups is 1. The van der Waals surface area contributed by atoms with Gasteiger partial charge in [-0.1, -0.05) is 6.07 Å². The lowest BCUT2D eigenvalue weighted by Crippen LogP contribution is -1.85. The van der Waals surface area contributed by atoms with Gasteiger partial charge in [0.05, 0.1) is 16.7 Å². The van der Waals surface area contributed by atoms with Gasteiger partial charge in [-0.15, -0.1) is 0 Å². The molecule has 0 aliphatic heterocycles. The zero-order chi connectivity index (χ0) is 13.9. The SMILES string of the molecule is Oc1cccc(Br)c1C=Nc1ccc2nccnc2c1. The minimum atomic E-state index is 0.184. The highest BCUT2D eigenvalue weighted by Gasteiger charge is 2.02. The Bertz CT molecular complexity index is 782. The molecule has 0 saturated carbocycles. The highest BCUT2D eigenvalue weighted by atomic mass is 79.9. The summed E-state index contributed by atoms with van der Waals surface area (Å²) in [6.45, 7) is 0. The molecule has 1 aromatic heterocycles. The minimum absolute atomic E-state index is 0.184. The molecule has 20 heavy (non-hydrogen) atoms. The number of nitrogens with zero attached hydrogens (tertiary/aromatic N) is 3. The van der Waals surface area contributed by atoms with Crippen molar-refractivity contribution < 1.29 is 5.11 Å². The monoisotopic (exact) mass is 327 g/mol. The molecule has 0 amide bonds. The second-order valence-corrected chi connectivity index (χ2v) is 5.01. The average molecular weight is 328 g/mol. The van der Waals surface area contributed by atoms with Gasteiger partial charge in [0.2, 0.25) is 0 Å². The molecule has 0 radical (unpaired) electrons. The number of phenols is 1. The lowest BCUT2D eigenvalue weighted by Gasteiger charge is -2.01. The molecule has 0 bridgehead atoms. The summed E-state index contributed by atoms with van der Waals surface area (Å²) in [6.07, 6.45) is 4.93. The van der Waals surface area contributed by atoms with Gasteiger partial charge in [-0.25, -0.2) is 0 Å². The summed E-state index contributed by atoms with van der Waals surface area (Å²) < 4.78 is 0.793. The van der Waals surface area contributed by atoms with Crippen LogP contribution >= 0.6 is 15.9 Å². The van der Waals surface area contributed by atoms with Crippen LogP contribution in [0.5, 0.6) is 5.75 Å². The third-order valence-electron chi connectivity index (χ3n) is 2.83. The number of rotatable bonds is 2. The van der Waals surface area contributed by atoms with Crippen molar-refractivity contribution in [1.82, 2.24) is 9.97 Å². The quantitative estimate of drug-likeness (QED) is 0.727. The first kappa shape index (κ1) is 12.7. The Kier molecular flexibility index (Phi) is 3.43. The Hall–Kier alpha value is -2.27. The second-order valence-electron chi connectivity index (χ2n) is 4.16. The zero-order valence-electron chi connectivity index (χ0n) is 10.4. The van der Waals surface area contributed by atoms with Crippen molar-refractivity contribution in [1.29, 1.82) is 0 Å². The molecule has 0 fully saturated rings. The van der Waals surface area contributed by atoms with E-state index in [1.807, 2.05) is 24.3 Å².